The number of halogens is 1. The van der Waals surface area contributed by atoms with Crippen molar-refractivity contribution < 1.29 is 4.79 Å². The number of fused-ring (bicyclic) bond motifs is 1. The number of nitrogens with one attached hydrogen (secondary N) is 1. The van der Waals surface area contributed by atoms with Crippen LogP contribution in [0, 0.1) is 6.92 Å². The van der Waals surface area contributed by atoms with E-state index in [0.29, 0.717) is 37.8 Å². The molecular weight excluding hydrogens is 524 g/mol. The van der Waals surface area contributed by atoms with Crippen molar-refractivity contribution in [1.29, 1.82) is 0 Å². The van der Waals surface area contributed by atoms with Gasteiger partial charge in [-0.1, -0.05) is 98.9 Å². The normalized spacial score (nSPS) is 14.8. The lowest BCUT2D eigenvalue weighted by Gasteiger charge is -2.15. The average molecular weight is 555 g/mol. The number of aryl methyl sites for hydroxylation is 1. The molecule has 4 rings (SSSR count). The lowest BCUT2D eigenvalue weighted by molar-refractivity contribution is -0.122. The number of aromatic nitrogens is 2. The Hall–Kier alpha value is -2.68. The average Bonchev–Trinajstić information content (AvgIpc) is 3.14. The summed E-state index contributed by atoms with van der Waals surface area (Å²) in [7, 11) is 0. The second-order valence-corrected chi connectivity index (χ2v) is 11.2. The lowest BCUT2D eigenvalue weighted by Crippen LogP contribution is -2.27. The molecule has 0 radical (unpaired) electrons. The molecule has 0 bridgehead atoms. The zero-order valence-electron chi connectivity index (χ0n) is 21.1. The molecule has 1 N–H and O–H groups in total. The first-order chi connectivity index (χ1) is 17.9. The van der Waals surface area contributed by atoms with Crippen molar-refractivity contribution in [3.8, 4) is 0 Å². The molecule has 6 nitrogen and oxygen atoms in total. The van der Waals surface area contributed by atoms with Gasteiger partial charge < -0.3 is 5.32 Å². The first kappa shape index (κ1) is 27.4. The number of anilines is 1. The Morgan fingerprint density at radius 3 is 2.62 bits per heavy atom. The number of pyridine rings is 1. The summed E-state index contributed by atoms with van der Waals surface area (Å²) in [6, 6.07) is 11.1. The highest BCUT2D eigenvalue weighted by Crippen LogP contribution is 2.35. The lowest BCUT2D eigenvalue weighted by atomic mass is 10.1. The maximum atomic E-state index is 13.6. The van der Waals surface area contributed by atoms with Gasteiger partial charge in [0, 0.05) is 17.8 Å². The van der Waals surface area contributed by atoms with E-state index in [2.05, 4.69) is 12.2 Å². The molecule has 0 unspecified atom stereocenters. The van der Waals surface area contributed by atoms with Gasteiger partial charge in [-0.2, -0.15) is 0 Å². The Morgan fingerprint density at radius 2 is 1.84 bits per heavy atom. The van der Waals surface area contributed by atoms with Crippen molar-refractivity contribution in [3.05, 3.63) is 79.6 Å². The van der Waals surface area contributed by atoms with Crippen LogP contribution in [0.5, 0.6) is 0 Å². The van der Waals surface area contributed by atoms with E-state index in [9.17, 15) is 9.59 Å². The fourth-order valence-corrected chi connectivity index (χ4v) is 5.69. The number of amides is 1. The van der Waals surface area contributed by atoms with E-state index in [1.165, 1.54) is 46.7 Å². The van der Waals surface area contributed by atoms with Crippen molar-refractivity contribution in [1.82, 2.24) is 14.3 Å². The van der Waals surface area contributed by atoms with Crippen molar-refractivity contribution in [2.24, 2.45) is 0 Å². The SMILES string of the molecule is CCCCCCCCNc1nc2c(C)cccn2c(=O)c1/C=C1/SC(=S)N(Cc2ccccc2Cl)C1=O. The van der Waals surface area contributed by atoms with Gasteiger partial charge in [0.1, 0.15) is 15.8 Å². The fraction of sp³-hybridized carbons (Fsp3) is 0.357. The third-order valence-corrected chi connectivity index (χ3v) is 8.09. The van der Waals surface area contributed by atoms with Crippen LogP contribution in [-0.4, -0.2) is 31.1 Å². The number of carbonyl (C=O) groups is 1. The molecule has 9 heteroatoms. The maximum absolute atomic E-state index is 13.6. The monoisotopic (exact) mass is 554 g/mol. The number of unbranched alkanes of at least 4 members (excludes halogenated alkanes) is 5. The van der Waals surface area contributed by atoms with Gasteiger partial charge in [-0.25, -0.2) is 4.98 Å². The maximum Gasteiger partial charge on any atom is 0.267 e. The molecule has 3 heterocycles. The Bertz CT molecular complexity index is 1400. The molecule has 37 heavy (non-hydrogen) atoms. The van der Waals surface area contributed by atoms with Gasteiger partial charge >= 0.3 is 0 Å². The molecule has 1 aliphatic rings. The third kappa shape index (κ3) is 6.43. The molecule has 0 aliphatic carbocycles. The van der Waals surface area contributed by atoms with Crippen LogP contribution in [0.3, 0.4) is 0 Å². The predicted octanol–water partition coefficient (Wildman–Crippen LogP) is 6.83. The number of rotatable bonds is 11. The number of hydrogen-bond acceptors (Lipinski definition) is 6. The van der Waals surface area contributed by atoms with E-state index >= 15 is 0 Å². The number of thioether (sulfide) groups is 1. The summed E-state index contributed by atoms with van der Waals surface area (Å²) in [4.78, 5) is 33.6. The molecular formula is C28H31ClN4O2S2. The quantitative estimate of drug-likeness (QED) is 0.159. The van der Waals surface area contributed by atoms with Gasteiger partial charge in [-0.3, -0.25) is 18.9 Å². The van der Waals surface area contributed by atoms with Crippen LogP contribution in [0.4, 0.5) is 5.82 Å². The van der Waals surface area contributed by atoms with Crippen LogP contribution < -0.4 is 10.9 Å². The molecule has 1 amide bonds. The van der Waals surface area contributed by atoms with E-state index in [-0.39, 0.29) is 18.0 Å². The number of benzene rings is 1. The minimum atomic E-state index is -0.245. The standard InChI is InChI=1S/C28H31ClN4O2S2/c1-3-4-5-6-7-10-15-30-24-21(26(34)32-16-11-12-19(2)25(32)31-24)17-23-27(35)33(28(36)37-23)18-20-13-8-9-14-22(20)29/h8-9,11-14,16-17,30H,3-7,10,15,18H2,1-2H3/b23-17+. The van der Waals surface area contributed by atoms with Gasteiger partial charge in [-0.05, 0) is 42.7 Å². The molecule has 0 atom stereocenters. The zero-order valence-corrected chi connectivity index (χ0v) is 23.5. The van der Waals surface area contributed by atoms with Crippen LogP contribution in [0.15, 0.2) is 52.3 Å². The molecule has 1 saturated heterocycles. The smallest absolute Gasteiger partial charge is 0.267 e. The van der Waals surface area contributed by atoms with Crippen LogP contribution >= 0.6 is 35.6 Å². The van der Waals surface area contributed by atoms with Gasteiger partial charge in [0.25, 0.3) is 11.5 Å². The minimum absolute atomic E-state index is 0.226. The van der Waals surface area contributed by atoms with E-state index in [4.69, 9.17) is 28.8 Å². The second kappa shape index (κ2) is 12.7. The number of carbonyl (C=O) groups excluding carboxylic acids is 1. The van der Waals surface area contributed by atoms with E-state index in [0.717, 1.165) is 24.0 Å². The highest BCUT2D eigenvalue weighted by atomic mass is 35.5. The highest BCUT2D eigenvalue weighted by Gasteiger charge is 2.33. The Kier molecular flexibility index (Phi) is 9.40. The van der Waals surface area contributed by atoms with Gasteiger partial charge in [0.2, 0.25) is 0 Å². The summed E-state index contributed by atoms with van der Waals surface area (Å²) >= 11 is 13.0. The first-order valence-electron chi connectivity index (χ1n) is 12.6. The summed E-state index contributed by atoms with van der Waals surface area (Å²) in [6.07, 6.45) is 10.3. The van der Waals surface area contributed by atoms with Gasteiger partial charge in [0.05, 0.1) is 17.0 Å². The largest absolute Gasteiger partial charge is 0.369 e. The number of hydrogen-bond donors (Lipinski definition) is 1. The summed E-state index contributed by atoms with van der Waals surface area (Å²) in [5.74, 6) is 0.245. The van der Waals surface area contributed by atoms with Crippen molar-refractivity contribution >= 4 is 63.3 Å². The van der Waals surface area contributed by atoms with Crippen LogP contribution in [0.2, 0.25) is 5.02 Å². The van der Waals surface area contributed by atoms with Crippen LogP contribution in [-0.2, 0) is 11.3 Å². The van der Waals surface area contributed by atoms with E-state index in [1.807, 2.05) is 37.3 Å². The zero-order chi connectivity index (χ0) is 26.4. The molecule has 0 saturated carbocycles. The second-order valence-electron chi connectivity index (χ2n) is 9.12. The third-order valence-electron chi connectivity index (χ3n) is 6.34. The summed E-state index contributed by atoms with van der Waals surface area (Å²) in [5.41, 5.74) is 2.44. The molecule has 1 fully saturated rings. The first-order valence-corrected chi connectivity index (χ1v) is 14.3. The van der Waals surface area contributed by atoms with Crippen molar-refractivity contribution in [3.63, 3.8) is 0 Å². The Labute approximate surface area is 232 Å². The number of nitrogens with zero attached hydrogens (tertiary/aromatic N) is 3. The minimum Gasteiger partial charge on any atom is -0.369 e. The van der Waals surface area contributed by atoms with Crippen molar-refractivity contribution in [2.45, 2.75) is 58.9 Å². The van der Waals surface area contributed by atoms with E-state index in [1.54, 1.807) is 18.3 Å². The topological polar surface area (TPSA) is 66.7 Å². The number of thiocarbonyl (C=S) groups is 1. The van der Waals surface area contributed by atoms with Crippen LogP contribution in [0.25, 0.3) is 11.7 Å². The van der Waals surface area contributed by atoms with E-state index < -0.39 is 0 Å². The predicted molar refractivity (Wildman–Crippen MR) is 158 cm³/mol. The summed E-state index contributed by atoms with van der Waals surface area (Å²) < 4.78 is 1.96. The molecule has 2 aromatic heterocycles. The highest BCUT2D eigenvalue weighted by molar-refractivity contribution is 8.26. The molecule has 194 valence electrons. The summed E-state index contributed by atoms with van der Waals surface area (Å²) in [6.45, 7) is 5.12. The van der Waals surface area contributed by atoms with Gasteiger partial charge in [-0.15, -0.1) is 0 Å². The molecule has 1 aromatic carbocycles. The summed E-state index contributed by atoms with van der Waals surface area (Å²) in [5, 5.41) is 3.95. The van der Waals surface area contributed by atoms with Crippen LogP contribution in [0.1, 0.15) is 62.1 Å². The molecule has 0 spiro atoms. The molecule has 3 aromatic rings. The Morgan fingerprint density at radius 1 is 1.08 bits per heavy atom. The molecule has 1 aliphatic heterocycles. The Balaban J connectivity index is 1.62. The van der Waals surface area contributed by atoms with Gasteiger partial charge in [0.15, 0.2) is 0 Å². The fourth-order valence-electron chi connectivity index (χ4n) is 4.25. The van der Waals surface area contributed by atoms with Crippen molar-refractivity contribution in [2.75, 3.05) is 11.9 Å².